The number of aromatic nitrogens is 2. The van der Waals surface area contributed by atoms with Crippen LogP contribution in [0.3, 0.4) is 0 Å². The Labute approximate surface area is 91.5 Å². The molecule has 4 nitrogen and oxygen atoms in total. The molecule has 0 amide bonds. The first kappa shape index (κ1) is 12.2. The van der Waals surface area contributed by atoms with Gasteiger partial charge in [0.05, 0.1) is 6.54 Å². The monoisotopic (exact) mass is 211 g/mol. The van der Waals surface area contributed by atoms with Crippen molar-refractivity contribution in [1.29, 1.82) is 0 Å². The third-order valence-electron chi connectivity index (χ3n) is 2.29. The van der Waals surface area contributed by atoms with E-state index >= 15 is 0 Å². The molecule has 4 heteroatoms. The molecule has 0 radical (unpaired) electrons. The Balaban J connectivity index is 2.48. The van der Waals surface area contributed by atoms with Crippen molar-refractivity contribution in [2.24, 2.45) is 0 Å². The van der Waals surface area contributed by atoms with Crippen LogP contribution < -0.4 is 5.32 Å². The molecule has 0 aliphatic carbocycles. The molecule has 15 heavy (non-hydrogen) atoms. The molecule has 1 unspecified atom stereocenters. The second-order valence-electron chi connectivity index (χ2n) is 4.26. The summed E-state index contributed by atoms with van der Waals surface area (Å²) in [5.74, 6) is 1.81. The second kappa shape index (κ2) is 5.85. The van der Waals surface area contributed by atoms with Crippen LogP contribution in [0.15, 0.2) is 4.42 Å². The van der Waals surface area contributed by atoms with Crippen LogP contribution in [0.2, 0.25) is 0 Å². The summed E-state index contributed by atoms with van der Waals surface area (Å²) >= 11 is 0. The summed E-state index contributed by atoms with van der Waals surface area (Å²) in [5.41, 5.74) is 0. The van der Waals surface area contributed by atoms with Crippen molar-refractivity contribution in [2.75, 3.05) is 0 Å². The molecule has 0 aliphatic heterocycles. The minimum absolute atomic E-state index is 0.371. The first-order valence-electron chi connectivity index (χ1n) is 5.69. The third kappa shape index (κ3) is 4.00. The van der Waals surface area contributed by atoms with Gasteiger partial charge in [0.1, 0.15) is 0 Å². The highest BCUT2D eigenvalue weighted by Crippen LogP contribution is 2.18. The first-order chi connectivity index (χ1) is 7.13. The Morgan fingerprint density at radius 1 is 1.27 bits per heavy atom. The number of rotatable bonds is 6. The second-order valence-corrected chi connectivity index (χ2v) is 4.26. The molecule has 1 rings (SSSR count). The molecule has 1 atom stereocenters. The predicted octanol–water partition coefficient (Wildman–Crippen LogP) is 2.47. The van der Waals surface area contributed by atoms with E-state index in [-0.39, 0.29) is 0 Å². The fourth-order valence-corrected chi connectivity index (χ4v) is 1.39. The van der Waals surface area contributed by atoms with Gasteiger partial charge in [-0.05, 0) is 6.42 Å². The topological polar surface area (TPSA) is 51.0 Å². The average Bonchev–Trinajstić information content (AvgIpc) is 2.63. The summed E-state index contributed by atoms with van der Waals surface area (Å²) in [6.07, 6.45) is 2.24. The smallest absolute Gasteiger partial charge is 0.230 e. The molecule has 86 valence electrons. The van der Waals surface area contributed by atoms with Crippen LogP contribution in [0.4, 0.5) is 0 Å². The Hall–Kier alpha value is -0.900. The molecule has 0 aliphatic rings. The molecular formula is C11H21N3O. The Morgan fingerprint density at radius 2 is 2.00 bits per heavy atom. The van der Waals surface area contributed by atoms with E-state index in [0.717, 1.165) is 18.7 Å². The zero-order chi connectivity index (χ0) is 11.3. The molecule has 0 saturated carbocycles. The van der Waals surface area contributed by atoms with Gasteiger partial charge in [0.2, 0.25) is 11.8 Å². The fourth-order valence-electron chi connectivity index (χ4n) is 1.39. The molecule has 1 aromatic rings. The van der Waals surface area contributed by atoms with Crippen molar-refractivity contribution in [1.82, 2.24) is 15.5 Å². The maximum absolute atomic E-state index is 5.56. The lowest BCUT2D eigenvalue weighted by atomic mass is 10.1. The first-order valence-corrected chi connectivity index (χ1v) is 5.69. The predicted molar refractivity (Wildman–Crippen MR) is 59.6 cm³/mol. The van der Waals surface area contributed by atoms with Crippen molar-refractivity contribution >= 4 is 0 Å². The lowest BCUT2D eigenvalue weighted by molar-refractivity contribution is 0.395. The van der Waals surface area contributed by atoms with Crippen LogP contribution in [0, 0.1) is 0 Å². The van der Waals surface area contributed by atoms with Gasteiger partial charge in [0.15, 0.2) is 0 Å². The molecule has 1 heterocycles. The Kier molecular flexibility index (Phi) is 4.75. The van der Waals surface area contributed by atoms with Gasteiger partial charge >= 0.3 is 0 Å². The molecule has 0 bridgehead atoms. The maximum Gasteiger partial charge on any atom is 0.230 e. The standard InChI is InChI=1S/C11H21N3O/c1-5-6-9(4)11-14-13-10(15-11)7-12-8(2)3/h8-9,12H,5-7H2,1-4H3. The van der Waals surface area contributed by atoms with E-state index in [1.165, 1.54) is 0 Å². The van der Waals surface area contributed by atoms with Crippen LogP contribution in [-0.4, -0.2) is 16.2 Å². The molecule has 0 aromatic carbocycles. The number of nitrogens with zero attached hydrogens (tertiary/aromatic N) is 2. The van der Waals surface area contributed by atoms with Crippen LogP contribution >= 0.6 is 0 Å². The average molecular weight is 211 g/mol. The summed E-state index contributed by atoms with van der Waals surface area (Å²) in [6, 6.07) is 0.438. The van der Waals surface area contributed by atoms with Crippen molar-refractivity contribution in [2.45, 2.75) is 59.0 Å². The summed E-state index contributed by atoms with van der Waals surface area (Å²) in [6.45, 7) is 9.13. The van der Waals surface area contributed by atoms with Gasteiger partial charge < -0.3 is 9.73 Å². The minimum Gasteiger partial charge on any atom is -0.424 e. The Morgan fingerprint density at radius 3 is 2.60 bits per heavy atom. The van der Waals surface area contributed by atoms with Crippen molar-refractivity contribution < 1.29 is 4.42 Å². The summed E-state index contributed by atoms with van der Waals surface area (Å²) in [4.78, 5) is 0. The molecule has 0 fully saturated rings. The fraction of sp³-hybridized carbons (Fsp3) is 0.818. The molecule has 0 spiro atoms. The van der Waals surface area contributed by atoms with E-state index in [9.17, 15) is 0 Å². The van der Waals surface area contributed by atoms with Gasteiger partial charge in [-0.3, -0.25) is 0 Å². The van der Waals surface area contributed by atoms with Crippen molar-refractivity contribution in [3.8, 4) is 0 Å². The van der Waals surface area contributed by atoms with Crippen LogP contribution in [-0.2, 0) is 6.54 Å². The zero-order valence-corrected chi connectivity index (χ0v) is 10.1. The highest BCUT2D eigenvalue weighted by molar-refractivity contribution is 4.89. The minimum atomic E-state index is 0.371. The zero-order valence-electron chi connectivity index (χ0n) is 10.1. The van der Waals surface area contributed by atoms with Crippen LogP contribution in [0.5, 0.6) is 0 Å². The van der Waals surface area contributed by atoms with E-state index in [1.807, 2.05) is 0 Å². The summed E-state index contributed by atoms with van der Waals surface area (Å²) in [5, 5.41) is 11.3. The maximum atomic E-state index is 5.56. The summed E-state index contributed by atoms with van der Waals surface area (Å²) in [7, 11) is 0. The van der Waals surface area contributed by atoms with E-state index in [1.54, 1.807) is 0 Å². The molecule has 1 aromatic heterocycles. The normalized spacial score (nSPS) is 13.4. The highest BCUT2D eigenvalue weighted by Gasteiger charge is 2.12. The number of nitrogens with one attached hydrogen (secondary N) is 1. The van der Waals surface area contributed by atoms with Crippen molar-refractivity contribution in [3.05, 3.63) is 11.8 Å². The summed E-state index contributed by atoms with van der Waals surface area (Å²) < 4.78 is 5.56. The quantitative estimate of drug-likeness (QED) is 0.785. The number of hydrogen-bond acceptors (Lipinski definition) is 4. The van der Waals surface area contributed by atoms with Crippen LogP contribution in [0.1, 0.15) is 58.2 Å². The van der Waals surface area contributed by atoms with Gasteiger partial charge in [0.25, 0.3) is 0 Å². The molecule has 1 N–H and O–H groups in total. The lowest BCUT2D eigenvalue weighted by Gasteiger charge is -2.04. The van der Waals surface area contributed by atoms with E-state index in [2.05, 4.69) is 43.2 Å². The van der Waals surface area contributed by atoms with Gasteiger partial charge in [-0.15, -0.1) is 10.2 Å². The van der Waals surface area contributed by atoms with E-state index < -0.39 is 0 Å². The largest absolute Gasteiger partial charge is 0.424 e. The van der Waals surface area contributed by atoms with Gasteiger partial charge in [-0.1, -0.05) is 34.1 Å². The van der Waals surface area contributed by atoms with Crippen LogP contribution in [0.25, 0.3) is 0 Å². The highest BCUT2D eigenvalue weighted by atomic mass is 16.4. The van der Waals surface area contributed by atoms with Gasteiger partial charge in [-0.25, -0.2) is 0 Å². The van der Waals surface area contributed by atoms with Gasteiger partial charge in [0, 0.05) is 12.0 Å². The van der Waals surface area contributed by atoms with E-state index in [4.69, 9.17) is 4.42 Å². The molecular weight excluding hydrogens is 190 g/mol. The van der Waals surface area contributed by atoms with Gasteiger partial charge in [-0.2, -0.15) is 0 Å². The third-order valence-corrected chi connectivity index (χ3v) is 2.29. The van der Waals surface area contributed by atoms with Crippen molar-refractivity contribution in [3.63, 3.8) is 0 Å². The SMILES string of the molecule is CCCC(C)c1nnc(CNC(C)C)o1. The van der Waals surface area contributed by atoms with E-state index in [0.29, 0.717) is 24.4 Å². The Bertz CT molecular complexity index is 283. The number of hydrogen-bond donors (Lipinski definition) is 1. The molecule has 0 saturated heterocycles. The lowest BCUT2D eigenvalue weighted by Crippen LogP contribution is -2.21.